The Balaban J connectivity index is 2.23. The minimum absolute atomic E-state index is 0.0385. The number of amides is 2. The van der Waals surface area contributed by atoms with Crippen molar-refractivity contribution in [3.8, 4) is 0 Å². The topological polar surface area (TPSA) is 58.2 Å². The maximum Gasteiger partial charge on any atom is 0.256 e. The summed E-state index contributed by atoms with van der Waals surface area (Å²) >= 11 is 3.10. The van der Waals surface area contributed by atoms with Gasteiger partial charge in [0.2, 0.25) is 5.91 Å². The molecule has 0 unspecified atom stereocenters. The second kappa shape index (κ2) is 6.65. The first-order valence-corrected chi connectivity index (χ1v) is 6.99. The molecule has 0 aliphatic rings. The third kappa shape index (κ3) is 3.88. The van der Waals surface area contributed by atoms with E-state index in [9.17, 15) is 18.4 Å². The molecule has 2 aromatic carbocycles. The summed E-state index contributed by atoms with van der Waals surface area (Å²) in [5.74, 6) is -2.01. The molecule has 2 N–H and O–H groups in total. The molecule has 0 aromatic heterocycles. The summed E-state index contributed by atoms with van der Waals surface area (Å²) in [5, 5.41) is 4.87. The predicted molar refractivity (Wildman–Crippen MR) is 82.8 cm³/mol. The highest BCUT2D eigenvalue weighted by Gasteiger charge is 2.12. The van der Waals surface area contributed by atoms with Gasteiger partial charge in [-0.05, 0) is 52.3 Å². The average molecular weight is 369 g/mol. The molecule has 22 heavy (non-hydrogen) atoms. The van der Waals surface area contributed by atoms with Crippen LogP contribution >= 0.6 is 15.9 Å². The number of benzene rings is 2. The monoisotopic (exact) mass is 368 g/mol. The van der Waals surface area contributed by atoms with Crippen molar-refractivity contribution in [2.75, 3.05) is 10.6 Å². The van der Waals surface area contributed by atoms with Crippen LogP contribution in [0.25, 0.3) is 0 Å². The van der Waals surface area contributed by atoms with Crippen LogP contribution in [0.1, 0.15) is 17.3 Å². The fourth-order valence-corrected chi connectivity index (χ4v) is 2.29. The van der Waals surface area contributed by atoms with E-state index in [2.05, 4.69) is 26.6 Å². The Hall–Kier alpha value is -2.28. The fraction of sp³-hybridized carbons (Fsp3) is 0.0667. The maximum atomic E-state index is 13.5. The van der Waals surface area contributed by atoms with Gasteiger partial charge in [-0.25, -0.2) is 8.78 Å². The van der Waals surface area contributed by atoms with E-state index in [1.54, 1.807) is 0 Å². The lowest BCUT2D eigenvalue weighted by Gasteiger charge is -2.10. The Morgan fingerprint density at radius 2 is 1.77 bits per heavy atom. The Labute approximate surface area is 133 Å². The van der Waals surface area contributed by atoms with Gasteiger partial charge in [-0.2, -0.15) is 0 Å². The van der Waals surface area contributed by atoms with Crippen molar-refractivity contribution >= 4 is 39.1 Å². The van der Waals surface area contributed by atoms with Gasteiger partial charge in [0.15, 0.2) is 0 Å². The van der Waals surface area contributed by atoms with Crippen molar-refractivity contribution in [3.63, 3.8) is 0 Å². The molecule has 2 rings (SSSR count). The first-order chi connectivity index (χ1) is 10.4. The van der Waals surface area contributed by atoms with Crippen molar-refractivity contribution in [2.24, 2.45) is 0 Å². The molecule has 0 bridgehead atoms. The second-order valence-corrected chi connectivity index (χ2v) is 5.31. The molecule has 114 valence electrons. The number of halogens is 3. The van der Waals surface area contributed by atoms with Gasteiger partial charge in [0.1, 0.15) is 11.6 Å². The summed E-state index contributed by atoms with van der Waals surface area (Å²) in [4.78, 5) is 23.1. The van der Waals surface area contributed by atoms with Crippen LogP contribution in [-0.2, 0) is 4.79 Å². The summed E-state index contributed by atoms with van der Waals surface area (Å²) in [5.41, 5.74) is 0.488. The van der Waals surface area contributed by atoms with E-state index >= 15 is 0 Å². The third-order valence-corrected chi connectivity index (χ3v) is 3.37. The van der Waals surface area contributed by atoms with Gasteiger partial charge in [0.25, 0.3) is 5.91 Å². The minimum Gasteiger partial charge on any atom is -0.324 e. The molecule has 0 spiro atoms. The number of carbonyl (C=O) groups is 2. The Morgan fingerprint density at radius 3 is 2.41 bits per heavy atom. The van der Waals surface area contributed by atoms with Gasteiger partial charge < -0.3 is 10.6 Å². The van der Waals surface area contributed by atoms with Crippen LogP contribution in [-0.4, -0.2) is 11.8 Å². The maximum absolute atomic E-state index is 13.5. The van der Waals surface area contributed by atoms with Gasteiger partial charge in [-0.3, -0.25) is 9.59 Å². The van der Waals surface area contributed by atoms with Crippen molar-refractivity contribution < 1.29 is 18.4 Å². The lowest BCUT2D eigenvalue weighted by molar-refractivity contribution is -0.114. The zero-order valence-electron chi connectivity index (χ0n) is 11.4. The first kappa shape index (κ1) is 16.1. The highest BCUT2D eigenvalue weighted by atomic mass is 79.9. The molecule has 0 heterocycles. The van der Waals surface area contributed by atoms with Crippen LogP contribution in [0.3, 0.4) is 0 Å². The van der Waals surface area contributed by atoms with Crippen molar-refractivity contribution in [1.82, 2.24) is 0 Å². The Morgan fingerprint density at radius 1 is 1.05 bits per heavy atom. The minimum atomic E-state index is -0.615. The zero-order valence-corrected chi connectivity index (χ0v) is 13.0. The average Bonchev–Trinajstić information content (AvgIpc) is 2.41. The molecule has 0 radical (unpaired) electrons. The third-order valence-electron chi connectivity index (χ3n) is 2.71. The number of rotatable bonds is 3. The van der Waals surface area contributed by atoms with Gasteiger partial charge in [0.05, 0.1) is 11.3 Å². The summed E-state index contributed by atoms with van der Waals surface area (Å²) in [6.45, 7) is 1.25. The largest absolute Gasteiger partial charge is 0.324 e. The van der Waals surface area contributed by atoms with E-state index in [0.29, 0.717) is 10.2 Å². The highest BCUT2D eigenvalue weighted by Crippen LogP contribution is 2.22. The van der Waals surface area contributed by atoms with Crippen LogP contribution < -0.4 is 10.6 Å². The number of anilines is 2. The summed E-state index contributed by atoms with van der Waals surface area (Å²) < 4.78 is 26.8. The van der Waals surface area contributed by atoms with Crippen molar-refractivity contribution in [3.05, 3.63) is 58.1 Å². The molecule has 0 saturated carbocycles. The Kier molecular flexibility index (Phi) is 4.87. The number of carbonyl (C=O) groups excluding carboxylic acids is 2. The van der Waals surface area contributed by atoms with Crippen LogP contribution in [0.15, 0.2) is 40.9 Å². The zero-order chi connectivity index (χ0) is 16.3. The van der Waals surface area contributed by atoms with E-state index in [1.165, 1.54) is 31.2 Å². The van der Waals surface area contributed by atoms with Crippen molar-refractivity contribution in [1.29, 1.82) is 0 Å². The van der Waals surface area contributed by atoms with Crippen LogP contribution in [0.2, 0.25) is 0 Å². The molecule has 4 nitrogen and oxygen atoms in total. The Bertz CT molecular complexity index is 750. The quantitative estimate of drug-likeness (QED) is 0.861. The summed E-state index contributed by atoms with van der Waals surface area (Å²) in [6.07, 6.45) is 0. The number of hydrogen-bond donors (Lipinski definition) is 2. The van der Waals surface area contributed by atoms with Gasteiger partial charge >= 0.3 is 0 Å². The van der Waals surface area contributed by atoms with Crippen LogP contribution in [0, 0.1) is 11.6 Å². The smallest absolute Gasteiger partial charge is 0.256 e. The van der Waals surface area contributed by atoms with E-state index in [1.807, 2.05) is 0 Å². The van der Waals surface area contributed by atoms with E-state index in [4.69, 9.17) is 0 Å². The van der Waals surface area contributed by atoms with Crippen molar-refractivity contribution in [2.45, 2.75) is 6.92 Å². The molecule has 2 aromatic rings. The predicted octanol–water partition coefficient (Wildman–Crippen LogP) is 3.94. The number of hydrogen-bond acceptors (Lipinski definition) is 2. The molecule has 0 aliphatic carbocycles. The fourth-order valence-electron chi connectivity index (χ4n) is 1.76. The van der Waals surface area contributed by atoms with Gasteiger partial charge in [0, 0.05) is 17.1 Å². The standard InChI is InChI=1S/C15H11BrF2N2O2/c1-8(21)19-14-7-10(3-5-13(14)18)20-15(22)11-4-2-9(17)6-12(11)16/h2-7H,1H3,(H,19,21)(H,20,22). The van der Waals surface area contributed by atoms with Crippen LogP contribution in [0.5, 0.6) is 0 Å². The molecular formula is C15H11BrF2N2O2. The van der Waals surface area contributed by atoms with Gasteiger partial charge in [-0.1, -0.05) is 0 Å². The van der Waals surface area contributed by atoms with Gasteiger partial charge in [-0.15, -0.1) is 0 Å². The lowest BCUT2D eigenvalue weighted by atomic mass is 10.2. The molecule has 7 heteroatoms. The first-order valence-electron chi connectivity index (χ1n) is 6.20. The second-order valence-electron chi connectivity index (χ2n) is 4.45. The summed E-state index contributed by atoms with van der Waals surface area (Å²) in [7, 11) is 0. The van der Waals surface area contributed by atoms with E-state index in [-0.39, 0.29) is 11.3 Å². The molecule has 0 atom stereocenters. The molecule has 2 amide bonds. The van der Waals surface area contributed by atoms with Crippen LogP contribution in [0.4, 0.5) is 20.2 Å². The van der Waals surface area contributed by atoms with E-state index in [0.717, 1.165) is 12.1 Å². The highest BCUT2D eigenvalue weighted by molar-refractivity contribution is 9.10. The lowest BCUT2D eigenvalue weighted by Crippen LogP contribution is -2.14. The molecule has 0 saturated heterocycles. The molecular weight excluding hydrogens is 358 g/mol. The summed E-state index contributed by atoms with van der Waals surface area (Å²) in [6, 6.07) is 7.44. The SMILES string of the molecule is CC(=O)Nc1cc(NC(=O)c2ccc(F)cc2Br)ccc1F. The van der Waals surface area contributed by atoms with E-state index < -0.39 is 23.4 Å². The number of nitrogens with one attached hydrogen (secondary N) is 2. The molecule has 0 fully saturated rings. The molecule has 0 aliphatic heterocycles. The normalized spacial score (nSPS) is 10.2.